The largest absolute Gasteiger partial charge is 0.318 e. The van der Waals surface area contributed by atoms with Crippen LogP contribution in [0.3, 0.4) is 0 Å². The molecule has 0 radical (unpaired) electrons. The van der Waals surface area contributed by atoms with Crippen molar-refractivity contribution in [2.45, 2.75) is 70.9 Å². The quantitative estimate of drug-likeness (QED) is 0.813. The Labute approximate surface area is 107 Å². The first kappa shape index (κ1) is 13.4. The van der Waals surface area contributed by atoms with Gasteiger partial charge in [-0.05, 0) is 51.1 Å². The smallest absolute Gasteiger partial charge is 0.0223 e. The van der Waals surface area contributed by atoms with Crippen molar-refractivity contribution in [1.82, 2.24) is 10.2 Å². The molecule has 0 aromatic rings. The lowest BCUT2D eigenvalue weighted by Crippen LogP contribution is -2.52. The Bertz CT molecular complexity index is 235. The molecule has 2 heteroatoms. The Morgan fingerprint density at radius 3 is 2.71 bits per heavy atom. The van der Waals surface area contributed by atoms with E-state index in [2.05, 4.69) is 31.1 Å². The van der Waals surface area contributed by atoms with Gasteiger partial charge in [0.25, 0.3) is 0 Å². The lowest BCUT2D eigenvalue weighted by molar-refractivity contribution is 0.0394. The highest BCUT2D eigenvalue weighted by atomic mass is 15.2. The van der Waals surface area contributed by atoms with Gasteiger partial charge in [-0.2, -0.15) is 0 Å². The molecule has 2 unspecified atom stereocenters. The van der Waals surface area contributed by atoms with Crippen molar-refractivity contribution in [3.05, 3.63) is 0 Å². The molecule has 1 N–H and O–H groups in total. The zero-order valence-electron chi connectivity index (χ0n) is 12.0. The van der Waals surface area contributed by atoms with E-state index in [1.54, 1.807) is 0 Å². The summed E-state index contributed by atoms with van der Waals surface area (Å²) in [6.45, 7) is 7.43. The predicted octanol–water partition coefficient (Wildman–Crippen LogP) is 3.03. The topological polar surface area (TPSA) is 15.3 Å². The highest BCUT2D eigenvalue weighted by Gasteiger charge is 2.34. The number of piperidine rings is 1. The van der Waals surface area contributed by atoms with Crippen LogP contribution in [0.15, 0.2) is 0 Å². The molecule has 2 rings (SSSR count). The Balaban J connectivity index is 1.98. The number of likely N-dealkylation sites (N-methyl/N-ethyl adjacent to an activating group) is 1. The molecule has 0 aromatic heterocycles. The van der Waals surface area contributed by atoms with Crippen LogP contribution in [0.4, 0.5) is 0 Å². The minimum absolute atomic E-state index is 0.574. The molecule has 1 heterocycles. The Kier molecular flexibility index (Phi) is 4.48. The fraction of sp³-hybridized carbons (Fsp3) is 1.00. The Hall–Kier alpha value is -0.0800. The van der Waals surface area contributed by atoms with Crippen molar-refractivity contribution in [3.63, 3.8) is 0 Å². The molecule has 1 aliphatic carbocycles. The third-order valence-corrected chi connectivity index (χ3v) is 4.76. The molecule has 2 fully saturated rings. The lowest BCUT2D eigenvalue weighted by atomic mass is 9.74. The SMILES string of the molecule is CNCC1CCCCN1C1CCCC(C)(C)C1. The van der Waals surface area contributed by atoms with Gasteiger partial charge in [0.1, 0.15) is 0 Å². The van der Waals surface area contributed by atoms with Crippen LogP contribution in [-0.2, 0) is 0 Å². The van der Waals surface area contributed by atoms with Crippen molar-refractivity contribution in [3.8, 4) is 0 Å². The van der Waals surface area contributed by atoms with Gasteiger partial charge in [-0.3, -0.25) is 4.90 Å². The van der Waals surface area contributed by atoms with E-state index in [0.717, 1.165) is 12.1 Å². The van der Waals surface area contributed by atoms with Gasteiger partial charge in [0.15, 0.2) is 0 Å². The van der Waals surface area contributed by atoms with E-state index in [1.165, 1.54) is 58.0 Å². The third kappa shape index (κ3) is 3.45. The predicted molar refractivity (Wildman–Crippen MR) is 74.3 cm³/mol. The van der Waals surface area contributed by atoms with Gasteiger partial charge in [0.05, 0.1) is 0 Å². The molecular weight excluding hydrogens is 208 g/mol. The van der Waals surface area contributed by atoms with Crippen molar-refractivity contribution in [2.75, 3.05) is 20.1 Å². The third-order valence-electron chi connectivity index (χ3n) is 4.76. The molecule has 17 heavy (non-hydrogen) atoms. The fourth-order valence-corrected chi connectivity index (χ4v) is 3.90. The van der Waals surface area contributed by atoms with Gasteiger partial charge in [-0.25, -0.2) is 0 Å². The second kappa shape index (κ2) is 5.71. The van der Waals surface area contributed by atoms with Crippen LogP contribution >= 0.6 is 0 Å². The van der Waals surface area contributed by atoms with E-state index >= 15 is 0 Å². The zero-order valence-corrected chi connectivity index (χ0v) is 12.0. The second-order valence-electron chi connectivity index (χ2n) is 6.86. The maximum Gasteiger partial charge on any atom is 0.0223 e. The molecule has 2 aliphatic rings. The molecule has 1 saturated heterocycles. The standard InChI is InChI=1S/C15H30N2/c1-15(2)9-6-8-13(11-15)17-10-5-4-7-14(17)12-16-3/h13-14,16H,4-12H2,1-3H3. The minimum Gasteiger partial charge on any atom is -0.318 e. The van der Waals surface area contributed by atoms with Crippen molar-refractivity contribution in [1.29, 1.82) is 0 Å². The maximum absolute atomic E-state index is 3.39. The van der Waals surface area contributed by atoms with Crippen molar-refractivity contribution < 1.29 is 0 Å². The summed E-state index contributed by atoms with van der Waals surface area (Å²) in [6, 6.07) is 1.66. The molecule has 0 spiro atoms. The highest BCUT2D eigenvalue weighted by molar-refractivity contribution is 4.90. The average molecular weight is 238 g/mol. The summed E-state index contributed by atoms with van der Waals surface area (Å²) in [5.41, 5.74) is 0.574. The Morgan fingerprint density at radius 2 is 2.00 bits per heavy atom. The van der Waals surface area contributed by atoms with E-state index in [9.17, 15) is 0 Å². The summed E-state index contributed by atoms with van der Waals surface area (Å²) >= 11 is 0. The molecule has 2 atom stereocenters. The van der Waals surface area contributed by atoms with Crippen LogP contribution < -0.4 is 5.32 Å². The van der Waals surface area contributed by atoms with Gasteiger partial charge in [0, 0.05) is 18.6 Å². The number of rotatable bonds is 3. The first-order chi connectivity index (χ1) is 8.12. The highest BCUT2D eigenvalue weighted by Crippen LogP contribution is 2.38. The summed E-state index contributed by atoms with van der Waals surface area (Å²) in [5.74, 6) is 0. The van der Waals surface area contributed by atoms with Crippen molar-refractivity contribution >= 4 is 0 Å². The average Bonchev–Trinajstić information content (AvgIpc) is 2.29. The van der Waals surface area contributed by atoms with Crippen LogP contribution in [0.1, 0.15) is 58.8 Å². The summed E-state index contributed by atoms with van der Waals surface area (Å²) < 4.78 is 0. The number of hydrogen-bond donors (Lipinski definition) is 1. The molecule has 100 valence electrons. The van der Waals surface area contributed by atoms with Crippen LogP contribution in [0.2, 0.25) is 0 Å². The zero-order chi connectivity index (χ0) is 12.3. The molecule has 1 aliphatic heterocycles. The van der Waals surface area contributed by atoms with Gasteiger partial charge < -0.3 is 5.32 Å². The van der Waals surface area contributed by atoms with Gasteiger partial charge in [-0.1, -0.05) is 26.7 Å². The van der Waals surface area contributed by atoms with E-state index in [0.29, 0.717) is 5.41 Å². The molecule has 0 amide bonds. The maximum atomic E-state index is 3.39. The van der Waals surface area contributed by atoms with Gasteiger partial charge in [0.2, 0.25) is 0 Å². The number of likely N-dealkylation sites (tertiary alicyclic amines) is 1. The Morgan fingerprint density at radius 1 is 1.18 bits per heavy atom. The van der Waals surface area contributed by atoms with Crippen molar-refractivity contribution in [2.24, 2.45) is 5.41 Å². The number of hydrogen-bond acceptors (Lipinski definition) is 2. The van der Waals surface area contributed by atoms with E-state index in [4.69, 9.17) is 0 Å². The van der Waals surface area contributed by atoms with Crippen LogP contribution in [0, 0.1) is 5.41 Å². The van der Waals surface area contributed by atoms with Gasteiger partial charge in [-0.15, -0.1) is 0 Å². The molecule has 0 bridgehead atoms. The molecular formula is C15H30N2. The van der Waals surface area contributed by atoms with E-state index < -0.39 is 0 Å². The summed E-state index contributed by atoms with van der Waals surface area (Å²) in [6.07, 6.45) is 9.94. The summed E-state index contributed by atoms with van der Waals surface area (Å²) in [5, 5.41) is 3.39. The molecule has 2 nitrogen and oxygen atoms in total. The fourth-order valence-electron chi connectivity index (χ4n) is 3.90. The normalized spacial score (nSPS) is 34.8. The van der Waals surface area contributed by atoms with Crippen LogP contribution in [-0.4, -0.2) is 37.1 Å². The number of nitrogens with one attached hydrogen (secondary N) is 1. The molecule has 1 saturated carbocycles. The van der Waals surface area contributed by atoms with Crippen LogP contribution in [0.25, 0.3) is 0 Å². The number of nitrogens with zero attached hydrogens (tertiary/aromatic N) is 1. The van der Waals surface area contributed by atoms with Gasteiger partial charge >= 0.3 is 0 Å². The van der Waals surface area contributed by atoms with E-state index in [1.807, 2.05) is 0 Å². The minimum atomic E-state index is 0.574. The second-order valence-corrected chi connectivity index (χ2v) is 6.86. The summed E-state index contributed by atoms with van der Waals surface area (Å²) in [4.78, 5) is 2.83. The lowest BCUT2D eigenvalue weighted by Gasteiger charge is -2.46. The van der Waals surface area contributed by atoms with E-state index in [-0.39, 0.29) is 0 Å². The molecule has 0 aromatic carbocycles. The summed E-state index contributed by atoms with van der Waals surface area (Å²) in [7, 11) is 2.09. The monoisotopic (exact) mass is 238 g/mol. The first-order valence-electron chi connectivity index (χ1n) is 7.53. The van der Waals surface area contributed by atoms with Crippen LogP contribution in [0.5, 0.6) is 0 Å². The first-order valence-corrected chi connectivity index (χ1v) is 7.53.